The van der Waals surface area contributed by atoms with Gasteiger partial charge in [-0.25, -0.2) is 0 Å². The topological polar surface area (TPSA) is 100 Å². The van der Waals surface area contributed by atoms with Crippen molar-refractivity contribution in [1.82, 2.24) is 15.5 Å². The maximum Gasteiger partial charge on any atom is 0.254 e. The maximum atomic E-state index is 14.0. The lowest BCUT2D eigenvalue weighted by Crippen LogP contribution is -2.47. The summed E-state index contributed by atoms with van der Waals surface area (Å²) >= 11 is 1.30. The lowest BCUT2D eigenvalue weighted by molar-refractivity contribution is -0.118. The number of methoxy groups -OCH3 is 2. The Morgan fingerprint density at radius 2 is 1.58 bits per heavy atom. The van der Waals surface area contributed by atoms with E-state index >= 15 is 0 Å². The van der Waals surface area contributed by atoms with Crippen LogP contribution in [0.1, 0.15) is 84.5 Å². The molecule has 3 aromatic carbocycles. The summed E-state index contributed by atoms with van der Waals surface area (Å²) in [5, 5.41) is 7.99. The van der Waals surface area contributed by atoms with Crippen LogP contribution in [0.4, 0.5) is 5.69 Å². The summed E-state index contributed by atoms with van der Waals surface area (Å²) in [4.78, 5) is 41.1. The Labute approximate surface area is 302 Å². The summed E-state index contributed by atoms with van der Waals surface area (Å²) in [6, 6.07) is 21.9. The first-order valence-electron chi connectivity index (χ1n) is 16.9. The molecule has 1 unspecified atom stereocenters. The number of aldehydes is 1. The van der Waals surface area contributed by atoms with Gasteiger partial charge in [0.15, 0.2) is 17.8 Å². The monoisotopic (exact) mass is 700 g/mol. The SMILES string of the molecule is C=CSC(=C)NC(C)=O.COc1ccc(C(CCC(C)C)NC(=O)c2c(C=O)cccc2N2CCN([C@H](C)c3ccccc3)CC2)cc1OC. The Kier molecular flexibility index (Phi) is 16.1. The molecule has 4 rings (SSSR count). The predicted octanol–water partition coefficient (Wildman–Crippen LogP) is 7.78. The van der Waals surface area contributed by atoms with Crippen LogP contribution in [0.2, 0.25) is 0 Å². The number of benzene rings is 3. The Bertz CT molecular complexity index is 1590. The van der Waals surface area contributed by atoms with Crippen LogP contribution in [0.3, 0.4) is 0 Å². The fourth-order valence-electron chi connectivity index (χ4n) is 5.91. The first-order chi connectivity index (χ1) is 24.0. The van der Waals surface area contributed by atoms with Gasteiger partial charge in [0.25, 0.3) is 5.91 Å². The zero-order valence-corrected chi connectivity index (χ0v) is 31.1. The van der Waals surface area contributed by atoms with Gasteiger partial charge in [0.2, 0.25) is 5.91 Å². The lowest BCUT2D eigenvalue weighted by Gasteiger charge is -2.40. The van der Waals surface area contributed by atoms with Crippen LogP contribution in [0.5, 0.6) is 11.5 Å². The van der Waals surface area contributed by atoms with Gasteiger partial charge in [-0.05, 0) is 60.4 Å². The second-order valence-corrected chi connectivity index (χ2v) is 13.5. The van der Waals surface area contributed by atoms with E-state index in [4.69, 9.17) is 9.47 Å². The quantitative estimate of drug-likeness (QED) is 0.155. The van der Waals surface area contributed by atoms with E-state index in [1.165, 1.54) is 24.2 Å². The van der Waals surface area contributed by atoms with Crippen LogP contribution in [0.25, 0.3) is 0 Å². The highest BCUT2D eigenvalue weighted by Crippen LogP contribution is 2.33. The molecule has 0 radical (unpaired) electrons. The predicted molar refractivity (Wildman–Crippen MR) is 205 cm³/mol. The summed E-state index contributed by atoms with van der Waals surface area (Å²) in [6.45, 7) is 18.3. The minimum absolute atomic E-state index is 0.102. The van der Waals surface area contributed by atoms with Gasteiger partial charge in [-0.1, -0.05) is 87.3 Å². The number of piperazine rings is 1. The van der Waals surface area contributed by atoms with Gasteiger partial charge in [0.1, 0.15) is 0 Å². The normalized spacial score (nSPS) is 14.0. The van der Waals surface area contributed by atoms with Gasteiger partial charge in [0, 0.05) is 44.7 Å². The molecule has 3 aromatic rings. The van der Waals surface area contributed by atoms with E-state index in [0.29, 0.717) is 39.6 Å². The first-order valence-corrected chi connectivity index (χ1v) is 17.8. The number of hydrogen-bond donors (Lipinski definition) is 2. The van der Waals surface area contributed by atoms with E-state index in [1.807, 2.05) is 36.4 Å². The zero-order chi connectivity index (χ0) is 36.6. The Morgan fingerprint density at radius 3 is 2.16 bits per heavy atom. The highest BCUT2D eigenvalue weighted by Gasteiger charge is 2.27. The standard InChI is InChI=1S/C34H43N3O4.C6H9NOS/c1-24(2)14-16-29(27-15-17-31(40-4)32(22-27)41-5)35-34(39)33-28(23-38)12-9-13-30(33)37-20-18-36(19-21-37)25(3)26-10-7-6-8-11-26;1-4-9-6(3)7-5(2)8/h6-13,15,17,22-25,29H,14,16,18-21H2,1-5H3,(H,35,39);4H,1,3H2,2H3,(H,7,8)/t25-,29?;/m1./s1. The summed E-state index contributed by atoms with van der Waals surface area (Å²) in [6.07, 6.45) is 2.47. The fourth-order valence-corrected chi connectivity index (χ4v) is 6.31. The summed E-state index contributed by atoms with van der Waals surface area (Å²) in [7, 11) is 3.21. The molecular weight excluding hydrogens is 649 g/mol. The van der Waals surface area contributed by atoms with Crippen LogP contribution >= 0.6 is 11.8 Å². The molecule has 1 fully saturated rings. The average Bonchev–Trinajstić information content (AvgIpc) is 3.12. The van der Waals surface area contributed by atoms with Crippen molar-refractivity contribution in [2.24, 2.45) is 5.92 Å². The lowest BCUT2D eigenvalue weighted by atomic mass is 9.96. The van der Waals surface area contributed by atoms with Crippen molar-refractivity contribution in [3.63, 3.8) is 0 Å². The van der Waals surface area contributed by atoms with Gasteiger partial charge in [-0.15, -0.1) is 0 Å². The molecule has 10 heteroatoms. The number of nitrogens with one attached hydrogen (secondary N) is 2. The maximum absolute atomic E-state index is 14.0. The zero-order valence-electron chi connectivity index (χ0n) is 30.2. The number of carbonyl (C=O) groups is 3. The second-order valence-electron chi connectivity index (χ2n) is 12.5. The first kappa shape index (κ1) is 39.9. The highest BCUT2D eigenvalue weighted by molar-refractivity contribution is 8.05. The van der Waals surface area contributed by atoms with Crippen molar-refractivity contribution < 1.29 is 23.9 Å². The van der Waals surface area contributed by atoms with Crippen molar-refractivity contribution in [2.45, 2.75) is 52.6 Å². The number of rotatable bonds is 15. The molecular formula is C40H52N4O5S. The third-order valence-electron chi connectivity index (χ3n) is 8.60. The third kappa shape index (κ3) is 11.5. The van der Waals surface area contributed by atoms with Gasteiger partial charge in [-0.2, -0.15) is 0 Å². The summed E-state index contributed by atoms with van der Waals surface area (Å²) in [5.41, 5.74) is 3.86. The number of ether oxygens (including phenoxy) is 2. The molecule has 0 aliphatic carbocycles. The van der Waals surface area contributed by atoms with Crippen molar-refractivity contribution in [3.8, 4) is 11.5 Å². The summed E-state index contributed by atoms with van der Waals surface area (Å²) in [5.74, 6) is 1.38. The van der Waals surface area contributed by atoms with Crippen LogP contribution in [0, 0.1) is 5.92 Å². The van der Waals surface area contributed by atoms with Crippen molar-refractivity contribution >= 4 is 35.5 Å². The van der Waals surface area contributed by atoms with Gasteiger partial charge in [0.05, 0.1) is 36.5 Å². The summed E-state index contributed by atoms with van der Waals surface area (Å²) < 4.78 is 11.0. The van der Waals surface area contributed by atoms with Gasteiger partial charge < -0.3 is 25.0 Å². The highest BCUT2D eigenvalue weighted by atomic mass is 32.2. The molecule has 50 heavy (non-hydrogen) atoms. The van der Waals surface area contributed by atoms with E-state index in [0.717, 1.165) is 56.6 Å². The molecule has 0 aromatic heterocycles. The van der Waals surface area contributed by atoms with Crippen LogP contribution in [0.15, 0.2) is 90.3 Å². The third-order valence-corrected chi connectivity index (χ3v) is 9.16. The molecule has 1 aliphatic heterocycles. The van der Waals surface area contributed by atoms with E-state index in [9.17, 15) is 14.4 Å². The molecule has 2 amide bonds. The van der Waals surface area contributed by atoms with Crippen LogP contribution in [-0.4, -0.2) is 63.4 Å². The molecule has 9 nitrogen and oxygen atoms in total. The van der Waals surface area contributed by atoms with Gasteiger partial charge in [-0.3, -0.25) is 19.3 Å². The number of carbonyl (C=O) groups excluding carboxylic acids is 3. The number of hydrogen-bond acceptors (Lipinski definition) is 8. The van der Waals surface area contributed by atoms with E-state index in [-0.39, 0.29) is 17.9 Å². The van der Waals surface area contributed by atoms with Gasteiger partial charge >= 0.3 is 0 Å². The number of amides is 2. The molecule has 1 heterocycles. The average molecular weight is 701 g/mol. The molecule has 0 bridgehead atoms. The van der Waals surface area contributed by atoms with E-state index in [1.54, 1.807) is 25.7 Å². The Hall–Kier alpha value is -4.54. The molecule has 0 spiro atoms. The smallest absolute Gasteiger partial charge is 0.254 e. The minimum Gasteiger partial charge on any atom is -0.493 e. The minimum atomic E-state index is -0.249. The largest absolute Gasteiger partial charge is 0.493 e. The molecule has 2 N–H and O–H groups in total. The van der Waals surface area contributed by atoms with Crippen LogP contribution in [-0.2, 0) is 4.79 Å². The Morgan fingerprint density at radius 1 is 0.900 bits per heavy atom. The molecule has 2 atom stereocenters. The number of anilines is 1. The number of nitrogens with zero attached hydrogens (tertiary/aromatic N) is 2. The van der Waals surface area contributed by atoms with E-state index < -0.39 is 0 Å². The van der Waals surface area contributed by atoms with Crippen LogP contribution < -0.4 is 25.0 Å². The molecule has 268 valence electrons. The molecule has 0 saturated carbocycles. The van der Waals surface area contributed by atoms with Crippen molar-refractivity contribution in [1.29, 1.82) is 0 Å². The molecule has 1 aliphatic rings. The second kappa shape index (κ2) is 20.2. The molecule has 1 saturated heterocycles. The van der Waals surface area contributed by atoms with Crippen molar-refractivity contribution in [3.05, 3.63) is 113 Å². The Balaban J connectivity index is 0.000000661. The van der Waals surface area contributed by atoms with E-state index in [2.05, 4.69) is 78.6 Å². The number of thioether (sulfide) groups is 1. The fraction of sp³-hybridized carbons (Fsp3) is 0.375. The van der Waals surface area contributed by atoms with Crippen molar-refractivity contribution in [2.75, 3.05) is 45.3 Å².